The van der Waals surface area contributed by atoms with Crippen LogP contribution >= 0.6 is 11.7 Å². The molecule has 0 N–H and O–H groups in total. The molecule has 0 saturated carbocycles. The van der Waals surface area contributed by atoms with E-state index in [4.69, 9.17) is 0 Å². The van der Waals surface area contributed by atoms with Gasteiger partial charge >= 0.3 is 0 Å². The molecule has 0 atom stereocenters. The second-order valence-corrected chi connectivity index (χ2v) is 6.22. The topological polar surface area (TPSA) is 49.3 Å². The molecular weight excluding hydrogens is 327 g/mol. The average molecular weight is 342 g/mol. The summed E-state index contributed by atoms with van der Waals surface area (Å²) in [6.45, 7) is 2.71. The van der Waals surface area contributed by atoms with E-state index in [0.717, 1.165) is 36.0 Å². The number of halogens is 1. The summed E-state index contributed by atoms with van der Waals surface area (Å²) < 4.78 is 21.5. The van der Waals surface area contributed by atoms with E-state index in [9.17, 15) is 9.18 Å². The van der Waals surface area contributed by atoms with E-state index in [2.05, 4.69) is 13.6 Å². The highest BCUT2D eigenvalue weighted by Crippen LogP contribution is 2.21. The van der Waals surface area contributed by atoms with Crippen molar-refractivity contribution in [1.29, 1.82) is 0 Å². The zero-order chi connectivity index (χ0) is 16.5. The fourth-order valence-corrected chi connectivity index (χ4v) is 3.52. The quantitative estimate of drug-likeness (QED) is 0.719. The summed E-state index contributed by atoms with van der Waals surface area (Å²) >= 11 is 1.12. The number of nitrogens with zero attached hydrogens (tertiary/aromatic N) is 4. The van der Waals surface area contributed by atoms with Gasteiger partial charge in [-0.05, 0) is 36.4 Å². The molecule has 2 heterocycles. The third-order valence-electron chi connectivity index (χ3n) is 4.28. The maximum Gasteiger partial charge on any atom is 0.256 e. The van der Waals surface area contributed by atoms with Crippen molar-refractivity contribution < 1.29 is 9.18 Å². The van der Waals surface area contributed by atoms with Crippen LogP contribution in [0.2, 0.25) is 0 Å². The molecule has 0 bridgehead atoms. The van der Waals surface area contributed by atoms with Crippen molar-refractivity contribution in [1.82, 2.24) is 13.6 Å². The summed E-state index contributed by atoms with van der Waals surface area (Å²) in [5, 5.41) is 0. The zero-order valence-corrected chi connectivity index (χ0v) is 13.7. The van der Waals surface area contributed by atoms with Crippen LogP contribution in [0, 0.1) is 5.82 Å². The van der Waals surface area contributed by atoms with Crippen LogP contribution in [-0.2, 0) is 0 Å². The Balaban J connectivity index is 1.48. The Kier molecular flexibility index (Phi) is 3.86. The van der Waals surface area contributed by atoms with Crippen LogP contribution in [0.1, 0.15) is 10.4 Å². The Morgan fingerprint density at radius 2 is 1.75 bits per heavy atom. The van der Waals surface area contributed by atoms with Gasteiger partial charge in [0.15, 0.2) is 0 Å². The first-order valence-electron chi connectivity index (χ1n) is 7.73. The molecule has 0 radical (unpaired) electrons. The number of benzene rings is 2. The molecule has 1 fully saturated rings. The largest absolute Gasteiger partial charge is 0.368 e. The number of aromatic nitrogens is 2. The normalized spacial score (nSPS) is 15.0. The number of carbonyl (C=O) groups excluding carboxylic acids is 1. The standard InChI is InChI=1S/C17H15FN4OS/c18-12-4-6-13(7-5-12)21-8-10-22(11-9-21)17(23)14-2-1-3-15-16(14)20-24-19-15/h1-7H,8-11H2. The van der Waals surface area contributed by atoms with Gasteiger partial charge in [0.05, 0.1) is 17.3 Å². The van der Waals surface area contributed by atoms with Crippen molar-refractivity contribution in [3.63, 3.8) is 0 Å². The van der Waals surface area contributed by atoms with E-state index in [-0.39, 0.29) is 11.7 Å². The molecule has 122 valence electrons. The van der Waals surface area contributed by atoms with Gasteiger partial charge in [-0.2, -0.15) is 8.75 Å². The third-order valence-corrected chi connectivity index (χ3v) is 4.82. The lowest BCUT2D eigenvalue weighted by Crippen LogP contribution is -2.48. The van der Waals surface area contributed by atoms with Gasteiger partial charge in [0, 0.05) is 31.9 Å². The number of amides is 1. The first-order valence-corrected chi connectivity index (χ1v) is 8.46. The van der Waals surface area contributed by atoms with Gasteiger partial charge in [0.25, 0.3) is 5.91 Å². The summed E-state index contributed by atoms with van der Waals surface area (Å²) in [5.41, 5.74) is 3.02. The lowest BCUT2D eigenvalue weighted by Gasteiger charge is -2.36. The molecule has 1 amide bonds. The smallest absolute Gasteiger partial charge is 0.256 e. The first kappa shape index (κ1) is 15.0. The molecule has 1 aliphatic heterocycles. The van der Waals surface area contributed by atoms with Crippen molar-refractivity contribution in [3.05, 3.63) is 53.8 Å². The van der Waals surface area contributed by atoms with Crippen LogP contribution in [-0.4, -0.2) is 45.7 Å². The number of rotatable bonds is 2. The lowest BCUT2D eigenvalue weighted by molar-refractivity contribution is 0.0748. The van der Waals surface area contributed by atoms with E-state index in [1.165, 1.54) is 12.1 Å². The molecule has 4 rings (SSSR count). The van der Waals surface area contributed by atoms with E-state index in [1.54, 1.807) is 18.2 Å². The minimum absolute atomic E-state index is 0.00736. The molecule has 24 heavy (non-hydrogen) atoms. The van der Waals surface area contributed by atoms with Gasteiger partial charge in [-0.3, -0.25) is 4.79 Å². The molecule has 1 aromatic heterocycles. The molecule has 1 saturated heterocycles. The van der Waals surface area contributed by atoms with E-state index >= 15 is 0 Å². The highest BCUT2D eigenvalue weighted by Gasteiger charge is 2.24. The Morgan fingerprint density at radius 3 is 2.50 bits per heavy atom. The van der Waals surface area contributed by atoms with Gasteiger partial charge in [-0.15, -0.1) is 0 Å². The highest BCUT2D eigenvalue weighted by atomic mass is 32.1. The maximum atomic E-state index is 13.0. The first-order chi connectivity index (χ1) is 11.7. The van der Waals surface area contributed by atoms with Crippen molar-refractivity contribution >= 4 is 34.4 Å². The lowest BCUT2D eigenvalue weighted by atomic mass is 10.1. The monoisotopic (exact) mass is 342 g/mol. The third kappa shape index (κ3) is 2.71. The van der Waals surface area contributed by atoms with Crippen LogP contribution in [0.25, 0.3) is 11.0 Å². The molecule has 1 aliphatic rings. The number of fused-ring (bicyclic) bond motifs is 1. The number of hydrogen-bond donors (Lipinski definition) is 0. The van der Waals surface area contributed by atoms with Gasteiger partial charge in [0.1, 0.15) is 16.9 Å². The summed E-state index contributed by atoms with van der Waals surface area (Å²) in [7, 11) is 0. The number of hydrogen-bond acceptors (Lipinski definition) is 5. The molecule has 2 aromatic carbocycles. The second-order valence-electron chi connectivity index (χ2n) is 5.69. The Labute approximate surface area is 142 Å². The van der Waals surface area contributed by atoms with E-state index < -0.39 is 0 Å². The summed E-state index contributed by atoms with van der Waals surface area (Å²) in [6, 6.07) is 12.0. The summed E-state index contributed by atoms with van der Waals surface area (Å²) in [4.78, 5) is 16.8. The molecule has 0 spiro atoms. The second kappa shape index (κ2) is 6.16. The molecule has 0 unspecified atom stereocenters. The molecular formula is C17H15FN4OS. The molecule has 3 aromatic rings. The van der Waals surface area contributed by atoms with Gasteiger partial charge in [-0.1, -0.05) is 6.07 Å². The molecule has 5 nitrogen and oxygen atoms in total. The van der Waals surface area contributed by atoms with Crippen molar-refractivity contribution in [2.75, 3.05) is 31.1 Å². The summed E-state index contributed by atoms with van der Waals surface area (Å²) in [6.07, 6.45) is 0. The fraction of sp³-hybridized carbons (Fsp3) is 0.235. The van der Waals surface area contributed by atoms with Crippen molar-refractivity contribution in [3.8, 4) is 0 Å². The van der Waals surface area contributed by atoms with Crippen molar-refractivity contribution in [2.24, 2.45) is 0 Å². The van der Waals surface area contributed by atoms with Crippen LogP contribution in [0.5, 0.6) is 0 Å². The zero-order valence-electron chi connectivity index (χ0n) is 12.9. The Bertz CT molecular complexity index is 872. The van der Waals surface area contributed by atoms with Gasteiger partial charge < -0.3 is 9.80 Å². The molecule has 0 aliphatic carbocycles. The summed E-state index contributed by atoms with van der Waals surface area (Å²) in [5.74, 6) is -0.246. The van der Waals surface area contributed by atoms with Crippen molar-refractivity contribution in [2.45, 2.75) is 0 Å². The van der Waals surface area contributed by atoms with Crippen LogP contribution in [0.4, 0.5) is 10.1 Å². The minimum atomic E-state index is -0.238. The maximum absolute atomic E-state index is 13.0. The van der Waals surface area contributed by atoms with Crippen LogP contribution in [0.15, 0.2) is 42.5 Å². The Hall–Kier alpha value is -2.54. The predicted molar refractivity (Wildman–Crippen MR) is 91.9 cm³/mol. The predicted octanol–water partition coefficient (Wildman–Crippen LogP) is 2.79. The van der Waals surface area contributed by atoms with E-state index in [1.807, 2.05) is 17.0 Å². The Morgan fingerprint density at radius 1 is 1.00 bits per heavy atom. The van der Waals surface area contributed by atoms with E-state index in [0.29, 0.717) is 24.2 Å². The fourth-order valence-electron chi connectivity index (χ4n) is 2.97. The molecule has 7 heteroatoms. The average Bonchev–Trinajstić information content (AvgIpc) is 3.11. The number of anilines is 1. The number of piperazine rings is 1. The minimum Gasteiger partial charge on any atom is -0.368 e. The number of carbonyl (C=O) groups is 1. The highest BCUT2D eigenvalue weighted by molar-refractivity contribution is 7.00. The van der Waals surface area contributed by atoms with Gasteiger partial charge in [-0.25, -0.2) is 4.39 Å². The SMILES string of the molecule is O=C(c1cccc2nsnc12)N1CCN(c2ccc(F)cc2)CC1. The van der Waals surface area contributed by atoms with Crippen LogP contribution < -0.4 is 4.90 Å². The van der Waals surface area contributed by atoms with Crippen LogP contribution in [0.3, 0.4) is 0 Å². The van der Waals surface area contributed by atoms with Gasteiger partial charge in [0.2, 0.25) is 0 Å².